The summed E-state index contributed by atoms with van der Waals surface area (Å²) in [5.74, 6) is 0.700. The third kappa shape index (κ3) is 6.78. The minimum absolute atomic E-state index is 0.0721. The summed E-state index contributed by atoms with van der Waals surface area (Å²) >= 11 is 0. The molecular weight excluding hydrogens is 358 g/mol. The number of phenols is 1. The number of hydrogen-bond donors (Lipinski definition) is 2. The van der Waals surface area contributed by atoms with Crippen LogP contribution in [0.25, 0.3) is 0 Å². The summed E-state index contributed by atoms with van der Waals surface area (Å²) in [6, 6.07) is 13.2. The van der Waals surface area contributed by atoms with E-state index in [0.29, 0.717) is 49.6 Å². The van der Waals surface area contributed by atoms with Crippen LogP contribution in [0, 0.1) is 0 Å². The number of ether oxygens (including phenoxy) is 3. The van der Waals surface area contributed by atoms with E-state index in [4.69, 9.17) is 14.2 Å². The Labute approximate surface area is 166 Å². The van der Waals surface area contributed by atoms with Crippen molar-refractivity contribution in [3.63, 3.8) is 0 Å². The van der Waals surface area contributed by atoms with Gasteiger partial charge in [0.15, 0.2) is 11.5 Å². The molecule has 152 valence electrons. The lowest BCUT2D eigenvalue weighted by Gasteiger charge is -2.17. The second kappa shape index (κ2) is 11.2. The first-order valence-corrected chi connectivity index (χ1v) is 9.47. The van der Waals surface area contributed by atoms with Crippen LogP contribution in [0.2, 0.25) is 0 Å². The molecule has 0 saturated carbocycles. The SMILES string of the molecule is COc1ccc(CNCCCC(=O)OCc2ccccc2)c(O)c1OC(C)C. The third-order valence-electron chi connectivity index (χ3n) is 4.04. The summed E-state index contributed by atoms with van der Waals surface area (Å²) in [7, 11) is 1.54. The number of carbonyl (C=O) groups is 1. The standard InChI is InChI=1S/C22H29NO5/c1-16(2)28-22-19(26-3)12-11-18(21(22)25)14-23-13-7-10-20(24)27-15-17-8-5-4-6-9-17/h4-6,8-9,11-12,16,23,25H,7,10,13-15H2,1-3H3. The molecular formula is C22H29NO5. The van der Waals surface area contributed by atoms with Crippen LogP contribution in [0.5, 0.6) is 17.2 Å². The molecule has 0 spiro atoms. The quantitative estimate of drug-likeness (QED) is 0.451. The Morgan fingerprint density at radius 1 is 1.14 bits per heavy atom. The van der Waals surface area contributed by atoms with Crippen LogP contribution < -0.4 is 14.8 Å². The van der Waals surface area contributed by atoms with E-state index >= 15 is 0 Å². The highest BCUT2D eigenvalue weighted by Gasteiger charge is 2.16. The van der Waals surface area contributed by atoms with Gasteiger partial charge in [0.05, 0.1) is 13.2 Å². The van der Waals surface area contributed by atoms with Crippen LogP contribution in [0.3, 0.4) is 0 Å². The molecule has 0 fully saturated rings. The molecule has 28 heavy (non-hydrogen) atoms. The first-order valence-electron chi connectivity index (χ1n) is 9.47. The molecule has 2 rings (SSSR count). The lowest BCUT2D eigenvalue weighted by molar-refractivity contribution is -0.145. The third-order valence-corrected chi connectivity index (χ3v) is 4.04. The van der Waals surface area contributed by atoms with Crippen molar-refractivity contribution in [1.82, 2.24) is 5.32 Å². The summed E-state index contributed by atoms with van der Waals surface area (Å²) in [5, 5.41) is 13.7. The molecule has 0 amide bonds. The molecule has 0 radical (unpaired) electrons. The summed E-state index contributed by atoms with van der Waals surface area (Å²) in [4.78, 5) is 11.8. The minimum atomic E-state index is -0.217. The lowest BCUT2D eigenvalue weighted by atomic mass is 10.1. The summed E-state index contributed by atoms with van der Waals surface area (Å²) in [5.41, 5.74) is 1.69. The molecule has 2 aromatic carbocycles. The van der Waals surface area contributed by atoms with Gasteiger partial charge in [-0.05, 0) is 38.4 Å². The Hall–Kier alpha value is -2.73. The van der Waals surface area contributed by atoms with E-state index in [0.717, 1.165) is 5.56 Å². The molecule has 2 aromatic rings. The molecule has 0 aliphatic rings. The molecule has 0 aliphatic carbocycles. The fourth-order valence-corrected chi connectivity index (χ4v) is 2.64. The van der Waals surface area contributed by atoms with Crippen molar-refractivity contribution in [2.24, 2.45) is 0 Å². The van der Waals surface area contributed by atoms with Crippen LogP contribution >= 0.6 is 0 Å². The lowest BCUT2D eigenvalue weighted by Crippen LogP contribution is -2.17. The van der Waals surface area contributed by atoms with Gasteiger partial charge in [0, 0.05) is 18.5 Å². The minimum Gasteiger partial charge on any atom is -0.504 e. The first-order chi connectivity index (χ1) is 13.5. The Balaban J connectivity index is 1.73. The number of phenolic OH excluding ortho intramolecular Hbond substituents is 1. The number of hydrogen-bond acceptors (Lipinski definition) is 6. The maximum absolute atomic E-state index is 11.8. The molecule has 0 heterocycles. The fraction of sp³-hybridized carbons (Fsp3) is 0.409. The Morgan fingerprint density at radius 2 is 1.89 bits per heavy atom. The van der Waals surface area contributed by atoms with Gasteiger partial charge in [-0.15, -0.1) is 0 Å². The topological polar surface area (TPSA) is 77.0 Å². The van der Waals surface area contributed by atoms with Gasteiger partial charge in [0.25, 0.3) is 0 Å². The van der Waals surface area contributed by atoms with Crippen LogP contribution in [0.4, 0.5) is 0 Å². The zero-order valence-corrected chi connectivity index (χ0v) is 16.7. The zero-order valence-electron chi connectivity index (χ0n) is 16.7. The van der Waals surface area contributed by atoms with Gasteiger partial charge >= 0.3 is 5.97 Å². The van der Waals surface area contributed by atoms with Gasteiger partial charge in [0.1, 0.15) is 6.61 Å². The van der Waals surface area contributed by atoms with Crippen LogP contribution in [-0.4, -0.2) is 30.8 Å². The molecule has 0 aromatic heterocycles. The molecule has 0 bridgehead atoms. The highest BCUT2D eigenvalue weighted by molar-refractivity contribution is 5.69. The smallest absolute Gasteiger partial charge is 0.306 e. The van der Waals surface area contributed by atoms with Gasteiger partial charge in [0.2, 0.25) is 5.75 Å². The van der Waals surface area contributed by atoms with E-state index in [1.165, 1.54) is 7.11 Å². The molecule has 2 N–H and O–H groups in total. The highest BCUT2D eigenvalue weighted by atomic mass is 16.5. The van der Waals surface area contributed by atoms with Crippen molar-refractivity contribution >= 4 is 5.97 Å². The second-order valence-corrected chi connectivity index (χ2v) is 6.70. The van der Waals surface area contributed by atoms with Crippen molar-refractivity contribution in [2.45, 2.75) is 45.9 Å². The Bertz CT molecular complexity index is 746. The number of esters is 1. The van der Waals surface area contributed by atoms with E-state index in [1.54, 1.807) is 12.1 Å². The van der Waals surface area contributed by atoms with Crippen molar-refractivity contribution < 1.29 is 24.1 Å². The number of rotatable bonds is 11. The fourth-order valence-electron chi connectivity index (χ4n) is 2.64. The largest absolute Gasteiger partial charge is 0.504 e. The van der Waals surface area contributed by atoms with Gasteiger partial charge < -0.3 is 24.6 Å². The number of aromatic hydroxyl groups is 1. The number of carbonyl (C=O) groups excluding carboxylic acids is 1. The first kappa shape index (κ1) is 21.6. The average molecular weight is 387 g/mol. The monoisotopic (exact) mass is 387 g/mol. The highest BCUT2D eigenvalue weighted by Crippen LogP contribution is 2.39. The van der Waals surface area contributed by atoms with Crippen LogP contribution in [0.1, 0.15) is 37.8 Å². The van der Waals surface area contributed by atoms with E-state index in [2.05, 4.69) is 5.32 Å². The van der Waals surface area contributed by atoms with Crippen molar-refractivity contribution in [3.05, 3.63) is 53.6 Å². The van der Waals surface area contributed by atoms with E-state index in [1.807, 2.05) is 44.2 Å². The van der Waals surface area contributed by atoms with Crippen molar-refractivity contribution in [3.8, 4) is 17.2 Å². The maximum atomic E-state index is 11.8. The molecule has 0 aliphatic heterocycles. The maximum Gasteiger partial charge on any atom is 0.306 e. The Kier molecular flexibility index (Phi) is 8.62. The molecule has 0 atom stereocenters. The molecule has 0 saturated heterocycles. The van der Waals surface area contributed by atoms with Gasteiger partial charge in [-0.3, -0.25) is 4.79 Å². The van der Waals surface area contributed by atoms with Gasteiger partial charge in [-0.1, -0.05) is 36.4 Å². The zero-order chi connectivity index (χ0) is 20.4. The number of nitrogens with one attached hydrogen (secondary N) is 1. The average Bonchev–Trinajstić information content (AvgIpc) is 2.69. The predicted octanol–water partition coefficient (Wildman–Crippen LogP) is 3.80. The summed E-state index contributed by atoms with van der Waals surface area (Å²) < 4.78 is 16.2. The van der Waals surface area contributed by atoms with Crippen LogP contribution in [-0.2, 0) is 22.7 Å². The van der Waals surface area contributed by atoms with E-state index < -0.39 is 0 Å². The van der Waals surface area contributed by atoms with Crippen molar-refractivity contribution in [1.29, 1.82) is 0 Å². The molecule has 6 heteroatoms. The second-order valence-electron chi connectivity index (χ2n) is 6.70. The summed E-state index contributed by atoms with van der Waals surface area (Å²) in [6.45, 7) is 5.17. The Morgan fingerprint density at radius 3 is 2.57 bits per heavy atom. The summed E-state index contributed by atoms with van der Waals surface area (Å²) in [6.07, 6.45) is 0.917. The number of methoxy groups -OCH3 is 1. The van der Waals surface area contributed by atoms with E-state index in [9.17, 15) is 9.90 Å². The van der Waals surface area contributed by atoms with Gasteiger partial charge in [-0.2, -0.15) is 0 Å². The van der Waals surface area contributed by atoms with Crippen molar-refractivity contribution in [2.75, 3.05) is 13.7 Å². The molecule has 6 nitrogen and oxygen atoms in total. The predicted molar refractivity (Wildman–Crippen MR) is 108 cm³/mol. The molecule has 0 unspecified atom stereocenters. The van der Waals surface area contributed by atoms with Crippen LogP contribution in [0.15, 0.2) is 42.5 Å². The number of benzene rings is 2. The normalized spacial score (nSPS) is 10.7. The van der Waals surface area contributed by atoms with E-state index in [-0.39, 0.29) is 17.8 Å². The van der Waals surface area contributed by atoms with Gasteiger partial charge in [-0.25, -0.2) is 0 Å².